The molecule has 0 fully saturated rings. The number of carbonyl (C=O) groups excluding carboxylic acids is 1. The van der Waals surface area contributed by atoms with E-state index >= 15 is 0 Å². The van der Waals surface area contributed by atoms with Crippen molar-refractivity contribution in [2.45, 2.75) is 50.0 Å². The maximum atomic E-state index is 12.4. The molecule has 0 aromatic heterocycles. The van der Waals surface area contributed by atoms with Gasteiger partial charge in [-0.05, 0) is 67.5 Å². The monoisotopic (exact) mass is 369 g/mol. The van der Waals surface area contributed by atoms with Gasteiger partial charge >= 0.3 is 0 Å². The Hall–Kier alpha value is -1.94. The van der Waals surface area contributed by atoms with Gasteiger partial charge in [0.25, 0.3) is 5.91 Å². The Kier molecular flexibility index (Phi) is 7.01. The summed E-state index contributed by atoms with van der Waals surface area (Å²) in [5.41, 5.74) is 2.81. The Balaban J connectivity index is 1.47. The molecule has 3 nitrogen and oxygen atoms in total. The molecule has 4 heteroatoms. The van der Waals surface area contributed by atoms with Crippen LogP contribution in [0.3, 0.4) is 0 Å². The van der Waals surface area contributed by atoms with E-state index in [2.05, 4.69) is 29.6 Å². The topological polar surface area (TPSA) is 38.3 Å². The third-order valence-corrected chi connectivity index (χ3v) is 5.69. The number of nitrogens with one attached hydrogen (secondary N) is 1. The van der Waals surface area contributed by atoms with Gasteiger partial charge in [-0.1, -0.05) is 31.2 Å². The summed E-state index contributed by atoms with van der Waals surface area (Å²) in [5.74, 6) is 1.63. The van der Waals surface area contributed by atoms with Crippen LogP contribution in [0.15, 0.2) is 53.4 Å². The first kappa shape index (κ1) is 18.8. The first-order valence-electron chi connectivity index (χ1n) is 9.50. The van der Waals surface area contributed by atoms with Gasteiger partial charge in [-0.15, -0.1) is 11.8 Å². The van der Waals surface area contributed by atoms with E-state index in [0.717, 1.165) is 24.3 Å². The molecule has 0 saturated heterocycles. The Morgan fingerprint density at radius 3 is 2.65 bits per heavy atom. The van der Waals surface area contributed by atoms with E-state index in [9.17, 15) is 4.79 Å². The minimum atomic E-state index is -0.432. The van der Waals surface area contributed by atoms with Crippen molar-refractivity contribution in [2.75, 3.05) is 12.3 Å². The lowest BCUT2D eigenvalue weighted by atomic mass is 9.92. The molecular formula is C22H27NO2S. The van der Waals surface area contributed by atoms with Crippen molar-refractivity contribution in [3.63, 3.8) is 0 Å². The lowest BCUT2D eigenvalue weighted by molar-refractivity contribution is -0.127. The zero-order chi connectivity index (χ0) is 18.2. The third-order valence-electron chi connectivity index (χ3n) is 4.67. The summed E-state index contributed by atoms with van der Waals surface area (Å²) in [6.07, 6.45) is 5.02. The lowest BCUT2D eigenvalue weighted by Crippen LogP contribution is -2.39. The normalized spacial score (nSPS) is 14.3. The highest BCUT2D eigenvalue weighted by atomic mass is 32.2. The molecule has 2 aromatic carbocycles. The summed E-state index contributed by atoms with van der Waals surface area (Å²) in [4.78, 5) is 13.7. The second-order valence-electron chi connectivity index (χ2n) is 6.60. The second kappa shape index (κ2) is 9.67. The number of carbonyl (C=O) groups is 1. The van der Waals surface area contributed by atoms with Crippen LogP contribution in [0.25, 0.3) is 0 Å². The van der Waals surface area contributed by atoms with Gasteiger partial charge in [0.1, 0.15) is 5.75 Å². The highest BCUT2D eigenvalue weighted by molar-refractivity contribution is 7.99. The van der Waals surface area contributed by atoms with Crippen molar-refractivity contribution in [3.8, 4) is 5.75 Å². The molecule has 26 heavy (non-hydrogen) atoms. The molecule has 0 spiro atoms. The van der Waals surface area contributed by atoms with Crippen LogP contribution >= 0.6 is 11.8 Å². The molecule has 0 radical (unpaired) electrons. The van der Waals surface area contributed by atoms with Crippen LogP contribution in [0.1, 0.15) is 37.3 Å². The number of fused-ring (bicyclic) bond motifs is 1. The smallest absolute Gasteiger partial charge is 0.261 e. The quantitative estimate of drug-likeness (QED) is 0.544. The number of ether oxygens (including phenoxy) is 1. The molecule has 1 aliphatic carbocycles. The molecule has 0 bridgehead atoms. The minimum Gasteiger partial charge on any atom is -0.481 e. The van der Waals surface area contributed by atoms with E-state index in [1.165, 1.54) is 28.9 Å². The zero-order valence-corrected chi connectivity index (χ0v) is 16.2. The van der Waals surface area contributed by atoms with E-state index in [1.54, 1.807) is 11.8 Å². The molecule has 138 valence electrons. The van der Waals surface area contributed by atoms with Crippen LogP contribution in [-0.4, -0.2) is 24.3 Å². The summed E-state index contributed by atoms with van der Waals surface area (Å²) in [7, 11) is 0. The Morgan fingerprint density at radius 2 is 1.88 bits per heavy atom. The number of rotatable bonds is 8. The van der Waals surface area contributed by atoms with Crippen LogP contribution in [0.5, 0.6) is 5.75 Å². The summed E-state index contributed by atoms with van der Waals surface area (Å²) < 4.78 is 5.99. The molecule has 1 amide bonds. The number of thioether (sulfide) groups is 1. The number of hydrogen-bond donors (Lipinski definition) is 1. The lowest BCUT2D eigenvalue weighted by Gasteiger charge is -2.20. The molecule has 1 N–H and O–H groups in total. The predicted octanol–water partition coefficient (Wildman–Crippen LogP) is 4.63. The Labute approximate surface area is 160 Å². The zero-order valence-electron chi connectivity index (χ0n) is 15.4. The molecular weight excluding hydrogens is 342 g/mol. The van der Waals surface area contributed by atoms with Gasteiger partial charge in [-0.3, -0.25) is 4.79 Å². The average molecular weight is 370 g/mol. The van der Waals surface area contributed by atoms with Crippen LogP contribution < -0.4 is 10.1 Å². The van der Waals surface area contributed by atoms with Crippen LogP contribution in [0.4, 0.5) is 0 Å². The molecule has 1 unspecified atom stereocenters. The van der Waals surface area contributed by atoms with E-state index in [0.29, 0.717) is 13.0 Å². The highest BCUT2D eigenvalue weighted by Crippen LogP contribution is 2.26. The molecule has 1 aliphatic rings. The third kappa shape index (κ3) is 5.28. The minimum absolute atomic E-state index is 0.0288. The van der Waals surface area contributed by atoms with Crippen molar-refractivity contribution in [3.05, 3.63) is 59.7 Å². The number of amides is 1. The first-order chi connectivity index (χ1) is 12.8. The largest absolute Gasteiger partial charge is 0.481 e. The molecule has 1 atom stereocenters. The average Bonchev–Trinajstić information content (AvgIpc) is 2.70. The highest BCUT2D eigenvalue weighted by Gasteiger charge is 2.19. The number of benzene rings is 2. The fourth-order valence-electron chi connectivity index (χ4n) is 3.24. The summed E-state index contributed by atoms with van der Waals surface area (Å²) >= 11 is 1.75. The van der Waals surface area contributed by atoms with Crippen molar-refractivity contribution in [1.82, 2.24) is 5.32 Å². The summed E-state index contributed by atoms with van der Waals surface area (Å²) in [6, 6.07) is 16.5. The Bertz CT molecular complexity index is 717. The Morgan fingerprint density at radius 1 is 1.12 bits per heavy atom. The van der Waals surface area contributed by atoms with Crippen molar-refractivity contribution >= 4 is 17.7 Å². The van der Waals surface area contributed by atoms with Gasteiger partial charge in [0, 0.05) is 17.2 Å². The van der Waals surface area contributed by atoms with Gasteiger partial charge < -0.3 is 10.1 Å². The molecule has 0 saturated carbocycles. The van der Waals surface area contributed by atoms with E-state index < -0.39 is 6.10 Å². The molecule has 3 rings (SSSR count). The van der Waals surface area contributed by atoms with Gasteiger partial charge in [0.15, 0.2) is 6.10 Å². The maximum Gasteiger partial charge on any atom is 0.261 e. The van der Waals surface area contributed by atoms with Crippen molar-refractivity contribution < 1.29 is 9.53 Å². The van der Waals surface area contributed by atoms with Gasteiger partial charge in [-0.2, -0.15) is 0 Å². The summed E-state index contributed by atoms with van der Waals surface area (Å²) in [5, 5.41) is 3.00. The van der Waals surface area contributed by atoms with E-state index in [1.807, 2.05) is 31.2 Å². The molecule has 2 aromatic rings. The molecule has 0 heterocycles. The van der Waals surface area contributed by atoms with Gasteiger partial charge in [0.05, 0.1) is 0 Å². The molecule has 0 aliphatic heterocycles. The second-order valence-corrected chi connectivity index (χ2v) is 7.77. The van der Waals surface area contributed by atoms with E-state index in [-0.39, 0.29) is 5.91 Å². The van der Waals surface area contributed by atoms with Crippen molar-refractivity contribution in [2.24, 2.45) is 0 Å². The van der Waals surface area contributed by atoms with E-state index in [4.69, 9.17) is 4.74 Å². The van der Waals surface area contributed by atoms with Gasteiger partial charge in [0.2, 0.25) is 0 Å². The first-order valence-corrected chi connectivity index (χ1v) is 10.5. The summed E-state index contributed by atoms with van der Waals surface area (Å²) in [6.45, 7) is 2.63. The standard InChI is InChI=1S/C22H27NO2S/c1-2-21(22(24)23-14-15-26-20-10-4-3-5-11-20)25-19-13-12-17-8-6-7-9-18(17)16-19/h3-5,10-13,16,21H,2,6-9,14-15H2,1H3,(H,23,24). The van der Waals surface area contributed by atoms with Crippen LogP contribution in [0, 0.1) is 0 Å². The SMILES string of the molecule is CCC(Oc1ccc2c(c1)CCCC2)C(=O)NCCSc1ccccc1. The number of hydrogen-bond acceptors (Lipinski definition) is 3. The van der Waals surface area contributed by atoms with Crippen LogP contribution in [0.2, 0.25) is 0 Å². The van der Waals surface area contributed by atoms with Crippen molar-refractivity contribution in [1.29, 1.82) is 0 Å². The van der Waals surface area contributed by atoms with Crippen LogP contribution in [-0.2, 0) is 17.6 Å². The predicted molar refractivity (Wildman–Crippen MR) is 108 cm³/mol. The van der Waals surface area contributed by atoms with Gasteiger partial charge in [-0.25, -0.2) is 0 Å². The fraction of sp³-hybridized carbons (Fsp3) is 0.409. The maximum absolute atomic E-state index is 12.4. The number of aryl methyl sites for hydroxylation is 2. The fourth-order valence-corrected chi connectivity index (χ4v) is 4.03.